The summed E-state index contributed by atoms with van der Waals surface area (Å²) in [6.07, 6.45) is 2.10. The molecule has 0 aromatic heterocycles. The van der Waals surface area contributed by atoms with Gasteiger partial charge in [-0.25, -0.2) is 0 Å². The number of hydrogen-bond donors (Lipinski definition) is 1. The molecule has 104 valence electrons. The average Bonchev–Trinajstić information content (AvgIpc) is 2.95. The third-order valence-corrected chi connectivity index (χ3v) is 4.14. The standard InChI is InChI=1S/C17H20N2O/c18-9-7-13-8-10-19(12-13)17(20)16-6-5-14-3-1-2-4-15(14)11-16/h1-6,11,13H,7-10,12,18H2. The smallest absolute Gasteiger partial charge is 0.253 e. The van der Waals surface area contributed by atoms with Crippen LogP contribution in [0.4, 0.5) is 0 Å². The minimum Gasteiger partial charge on any atom is -0.338 e. The van der Waals surface area contributed by atoms with Crippen molar-refractivity contribution in [1.82, 2.24) is 4.90 Å². The molecule has 1 atom stereocenters. The van der Waals surface area contributed by atoms with E-state index in [0.717, 1.165) is 36.9 Å². The zero-order chi connectivity index (χ0) is 13.9. The van der Waals surface area contributed by atoms with Gasteiger partial charge in [-0.1, -0.05) is 30.3 Å². The highest BCUT2D eigenvalue weighted by Crippen LogP contribution is 2.22. The van der Waals surface area contributed by atoms with Crippen LogP contribution in [-0.2, 0) is 0 Å². The van der Waals surface area contributed by atoms with Crippen molar-refractivity contribution in [2.45, 2.75) is 12.8 Å². The van der Waals surface area contributed by atoms with E-state index in [1.807, 2.05) is 41.3 Å². The molecule has 3 nitrogen and oxygen atoms in total. The number of likely N-dealkylation sites (tertiary alicyclic amines) is 1. The molecule has 20 heavy (non-hydrogen) atoms. The molecular weight excluding hydrogens is 248 g/mol. The highest BCUT2D eigenvalue weighted by atomic mass is 16.2. The van der Waals surface area contributed by atoms with Crippen LogP contribution in [0.25, 0.3) is 10.8 Å². The highest BCUT2D eigenvalue weighted by molar-refractivity contribution is 5.98. The summed E-state index contributed by atoms with van der Waals surface area (Å²) < 4.78 is 0. The Bertz CT molecular complexity index is 623. The Kier molecular flexibility index (Phi) is 3.70. The molecule has 3 rings (SSSR count). The number of nitrogens with zero attached hydrogens (tertiary/aromatic N) is 1. The molecule has 0 bridgehead atoms. The minimum absolute atomic E-state index is 0.148. The Morgan fingerprint density at radius 2 is 2.00 bits per heavy atom. The van der Waals surface area contributed by atoms with Gasteiger partial charge in [-0.05, 0) is 48.2 Å². The summed E-state index contributed by atoms with van der Waals surface area (Å²) in [4.78, 5) is 14.5. The van der Waals surface area contributed by atoms with E-state index in [1.54, 1.807) is 0 Å². The van der Waals surface area contributed by atoms with Crippen LogP contribution in [0.1, 0.15) is 23.2 Å². The van der Waals surface area contributed by atoms with Crippen LogP contribution in [0, 0.1) is 5.92 Å². The summed E-state index contributed by atoms with van der Waals surface area (Å²) >= 11 is 0. The van der Waals surface area contributed by atoms with Crippen LogP contribution in [0.5, 0.6) is 0 Å². The lowest BCUT2D eigenvalue weighted by molar-refractivity contribution is 0.0787. The maximum Gasteiger partial charge on any atom is 0.253 e. The van der Waals surface area contributed by atoms with Crippen LogP contribution in [0.3, 0.4) is 0 Å². The number of benzene rings is 2. The van der Waals surface area contributed by atoms with Crippen LogP contribution >= 0.6 is 0 Å². The maximum atomic E-state index is 12.5. The third-order valence-electron chi connectivity index (χ3n) is 4.14. The monoisotopic (exact) mass is 268 g/mol. The first kappa shape index (κ1) is 13.1. The van der Waals surface area contributed by atoms with E-state index in [4.69, 9.17) is 5.73 Å². The van der Waals surface area contributed by atoms with Crippen molar-refractivity contribution in [3.8, 4) is 0 Å². The lowest BCUT2D eigenvalue weighted by Gasteiger charge is -2.16. The Hall–Kier alpha value is -1.87. The second-order valence-electron chi connectivity index (χ2n) is 5.55. The molecule has 1 aliphatic rings. The fraction of sp³-hybridized carbons (Fsp3) is 0.353. The minimum atomic E-state index is 0.148. The lowest BCUT2D eigenvalue weighted by Crippen LogP contribution is -2.28. The third kappa shape index (κ3) is 2.54. The fourth-order valence-corrected chi connectivity index (χ4v) is 2.99. The van der Waals surface area contributed by atoms with Crippen LogP contribution in [-0.4, -0.2) is 30.4 Å². The largest absolute Gasteiger partial charge is 0.338 e. The number of amides is 1. The van der Waals surface area contributed by atoms with Crippen molar-refractivity contribution in [1.29, 1.82) is 0 Å². The summed E-state index contributed by atoms with van der Waals surface area (Å²) in [5.41, 5.74) is 6.39. The predicted octanol–water partition coefficient (Wildman–Crippen LogP) is 2.65. The van der Waals surface area contributed by atoms with Gasteiger partial charge in [0.15, 0.2) is 0 Å². The van der Waals surface area contributed by atoms with Crippen LogP contribution in [0.15, 0.2) is 42.5 Å². The van der Waals surface area contributed by atoms with Crippen LogP contribution in [0.2, 0.25) is 0 Å². The molecule has 2 aromatic carbocycles. The first-order valence-corrected chi connectivity index (χ1v) is 7.26. The predicted molar refractivity (Wildman–Crippen MR) is 81.6 cm³/mol. The van der Waals surface area contributed by atoms with E-state index >= 15 is 0 Å². The summed E-state index contributed by atoms with van der Waals surface area (Å²) in [6.45, 7) is 2.42. The van der Waals surface area contributed by atoms with Crippen molar-refractivity contribution in [3.05, 3.63) is 48.0 Å². The van der Waals surface area contributed by atoms with Crippen molar-refractivity contribution < 1.29 is 4.79 Å². The van der Waals surface area contributed by atoms with Crippen LogP contribution < -0.4 is 5.73 Å². The molecule has 2 aromatic rings. The van der Waals surface area contributed by atoms with Gasteiger partial charge < -0.3 is 10.6 Å². The van der Waals surface area contributed by atoms with Gasteiger partial charge in [0.05, 0.1) is 0 Å². The Balaban J connectivity index is 1.79. The average molecular weight is 268 g/mol. The summed E-state index contributed by atoms with van der Waals surface area (Å²) in [5, 5.41) is 2.29. The number of carbonyl (C=O) groups is 1. The van der Waals surface area contributed by atoms with E-state index in [9.17, 15) is 4.79 Å². The molecule has 2 N–H and O–H groups in total. The molecule has 1 unspecified atom stereocenters. The van der Waals surface area contributed by atoms with Gasteiger partial charge >= 0.3 is 0 Å². The van der Waals surface area contributed by atoms with E-state index in [2.05, 4.69) is 6.07 Å². The summed E-state index contributed by atoms with van der Waals surface area (Å²) in [5.74, 6) is 0.722. The quantitative estimate of drug-likeness (QED) is 0.930. The molecule has 3 heteroatoms. The molecular formula is C17H20N2O. The van der Waals surface area contributed by atoms with Gasteiger partial charge in [0, 0.05) is 18.7 Å². The summed E-state index contributed by atoms with van der Waals surface area (Å²) in [7, 11) is 0. The number of hydrogen-bond acceptors (Lipinski definition) is 2. The van der Waals surface area contributed by atoms with E-state index in [0.29, 0.717) is 12.5 Å². The van der Waals surface area contributed by atoms with Crippen molar-refractivity contribution in [2.24, 2.45) is 11.7 Å². The maximum absolute atomic E-state index is 12.5. The van der Waals surface area contributed by atoms with Gasteiger partial charge in [-0.3, -0.25) is 4.79 Å². The SMILES string of the molecule is NCCC1CCN(C(=O)c2ccc3ccccc3c2)C1. The zero-order valence-electron chi connectivity index (χ0n) is 11.6. The summed E-state index contributed by atoms with van der Waals surface area (Å²) in [6, 6.07) is 14.1. The number of carbonyl (C=O) groups excluding carboxylic acids is 1. The fourth-order valence-electron chi connectivity index (χ4n) is 2.99. The molecule has 1 heterocycles. The Morgan fingerprint density at radius 3 is 2.80 bits per heavy atom. The molecule has 0 spiro atoms. The van der Waals surface area contributed by atoms with Gasteiger partial charge in [0.1, 0.15) is 0 Å². The lowest BCUT2D eigenvalue weighted by atomic mass is 10.1. The first-order valence-electron chi connectivity index (χ1n) is 7.26. The molecule has 0 saturated carbocycles. The van der Waals surface area contributed by atoms with Gasteiger partial charge in [-0.15, -0.1) is 0 Å². The molecule has 1 aliphatic heterocycles. The van der Waals surface area contributed by atoms with Crippen molar-refractivity contribution >= 4 is 16.7 Å². The topological polar surface area (TPSA) is 46.3 Å². The van der Waals surface area contributed by atoms with Gasteiger partial charge in [-0.2, -0.15) is 0 Å². The Morgan fingerprint density at radius 1 is 1.20 bits per heavy atom. The number of nitrogens with two attached hydrogens (primary N) is 1. The van der Waals surface area contributed by atoms with E-state index < -0.39 is 0 Å². The molecule has 1 saturated heterocycles. The molecule has 1 fully saturated rings. The molecule has 1 amide bonds. The number of fused-ring (bicyclic) bond motifs is 1. The van der Waals surface area contributed by atoms with Crippen molar-refractivity contribution in [3.63, 3.8) is 0 Å². The number of rotatable bonds is 3. The highest BCUT2D eigenvalue weighted by Gasteiger charge is 2.26. The second kappa shape index (κ2) is 5.63. The Labute approximate surface area is 119 Å². The zero-order valence-corrected chi connectivity index (χ0v) is 11.6. The van der Waals surface area contributed by atoms with E-state index in [1.165, 1.54) is 5.39 Å². The normalized spacial score (nSPS) is 18.6. The van der Waals surface area contributed by atoms with E-state index in [-0.39, 0.29) is 5.91 Å². The van der Waals surface area contributed by atoms with Gasteiger partial charge in [0.25, 0.3) is 5.91 Å². The molecule has 0 aliphatic carbocycles. The first-order chi connectivity index (χ1) is 9.78. The van der Waals surface area contributed by atoms with Gasteiger partial charge in [0.2, 0.25) is 0 Å². The van der Waals surface area contributed by atoms with Crippen molar-refractivity contribution in [2.75, 3.05) is 19.6 Å². The second-order valence-corrected chi connectivity index (χ2v) is 5.55. The molecule has 0 radical (unpaired) electrons.